The van der Waals surface area contributed by atoms with Crippen molar-refractivity contribution in [3.05, 3.63) is 64.9 Å². The molecule has 0 N–H and O–H groups in total. The SMILES string of the molecule is CCOc1ccc(/C=C2\N=C(c3cccc(C)c3)OC2=O)cc1OCC. The molecule has 2 aromatic rings. The minimum atomic E-state index is -0.464. The van der Waals surface area contributed by atoms with E-state index in [0.29, 0.717) is 30.6 Å². The van der Waals surface area contributed by atoms with Crippen LogP contribution in [0.1, 0.15) is 30.5 Å². The molecular weight excluding hydrogens is 330 g/mol. The van der Waals surface area contributed by atoms with Crippen molar-refractivity contribution in [2.75, 3.05) is 13.2 Å². The number of aryl methyl sites for hydroxylation is 1. The highest BCUT2D eigenvalue weighted by Gasteiger charge is 2.24. The van der Waals surface area contributed by atoms with Gasteiger partial charge in [-0.05, 0) is 56.7 Å². The number of cyclic esters (lactones) is 1. The summed E-state index contributed by atoms with van der Waals surface area (Å²) in [4.78, 5) is 16.5. The number of carbonyl (C=O) groups is 1. The standard InChI is InChI=1S/C21H21NO4/c1-4-24-18-10-9-15(13-19(18)25-5-2)12-17-21(23)26-20(22-17)16-8-6-7-14(3)11-16/h6-13H,4-5H2,1-3H3/b17-12-. The van der Waals surface area contributed by atoms with Crippen LogP contribution in [0.2, 0.25) is 0 Å². The van der Waals surface area contributed by atoms with Crippen LogP contribution in [0.3, 0.4) is 0 Å². The van der Waals surface area contributed by atoms with Crippen LogP contribution in [0.15, 0.2) is 53.2 Å². The van der Waals surface area contributed by atoms with Crippen molar-refractivity contribution in [1.82, 2.24) is 0 Å². The van der Waals surface area contributed by atoms with Crippen molar-refractivity contribution in [1.29, 1.82) is 0 Å². The van der Waals surface area contributed by atoms with E-state index in [4.69, 9.17) is 14.2 Å². The first-order valence-corrected chi connectivity index (χ1v) is 8.60. The molecule has 2 aromatic carbocycles. The summed E-state index contributed by atoms with van der Waals surface area (Å²) in [6, 6.07) is 13.2. The summed E-state index contributed by atoms with van der Waals surface area (Å²) >= 11 is 0. The quantitative estimate of drug-likeness (QED) is 0.580. The summed E-state index contributed by atoms with van der Waals surface area (Å²) < 4.78 is 16.5. The van der Waals surface area contributed by atoms with Crippen LogP contribution in [-0.2, 0) is 9.53 Å². The Kier molecular flexibility index (Phi) is 5.37. The van der Waals surface area contributed by atoms with E-state index in [-0.39, 0.29) is 5.70 Å². The molecule has 1 aliphatic rings. The lowest BCUT2D eigenvalue weighted by molar-refractivity contribution is -0.129. The Bertz CT molecular complexity index is 883. The molecule has 1 aliphatic heterocycles. The lowest BCUT2D eigenvalue weighted by Gasteiger charge is -2.11. The lowest BCUT2D eigenvalue weighted by Crippen LogP contribution is -2.05. The van der Waals surface area contributed by atoms with Gasteiger partial charge < -0.3 is 14.2 Å². The third kappa shape index (κ3) is 3.94. The van der Waals surface area contributed by atoms with Crippen LogP contribution in [0.4, 0.5) is 0 Å². The van der Waals surface area contributed by atoms with Crippen molar-refractivity contribution in [3.8, 4) is 11.5 Å². The van der Waals surface area contributed by atoms with Crippen molar-refractivity contribution in [2.45, 2.75) is 20.8 Å². The number of nitrogens with zero attached hydrogens (tertiary/aromatic N) is 1. The molecule has 0 saturated carbocycles. The first-order chi connectivity index (χ1) is 12.6. The molecule has 5 heteroatoms. The van der Waals surface area contributed by atoms with Crippen molar-refractivity contribution >= 4 is 17.9 Å². The van der Waals surface area contributed by atoms with Gasteiger partial charge in [-0.25, -0.2) is 9.79 Å². The van der Waals surface area contributed by atoms with Gasteiger partial charge in [-0.1, -0.05) is 23.8 Å². The predicted octanol–water partition coefficient (Wildman–Crippen LogP) is 4.14. The second-order valence-corrected chi connectivity index (χ2v) is 5.78. The van der Waals surface area contributed by atoms with Gasteiger partial charge in [-0.15, -0.1) is 0 Å². The largest absolute Gasteiger partial charge is 0.490 e. The Morgan fingerprint density at radius 2 is 1.81 bits per heavy atom. The van der Waals surface area contributed by atoms with Gasteiger partial charge in [-0.3, -0.25) is 0 Å². The molecule has 0 atom stereocenters. The van der Waals surface area contributed by atoms with E-state index in [0.717, 1.165) is 16.7 Å². The van der Waals surface area contributed by atoms with Gasteiger partial charge in [0.05, 0.1) is 13.2 Å². The molecule has 0 fully saturated rings. The molecule has 0 bridgehead atoms. The fraction of sp³-hybridized carbons (Fsp3) is 0.238. The zero-order chi connectivity index (χ0) is 18.5. The average molecular weight is 351 g/mol. The number of rotatable bonds is 6. The van der Waals surface area contributed by atoms with E-state index in [2.05, 4.69) is 4.99 Å². The maximum Gasteiger partial charge on any atom is 0.363 e. The number of carbonyl (C=O) groups excluding carboxylic acids is 1. The van der Waals surface area contributed by atoms with Gasteiger partial charge in [0.1, 0.15) is 0 Å². The summed E-state index contributed by atoms with van der Waals surface area (Å²) in [5, 5.41) is 0. The number of benzene rings is 2. The first-order valence-electron chi connectivity index (χ1n) is 8.60. The molecule has 1 heterocycles. The Morgan fingerprint density at radius 1 is 1.04 bits per heavy atom. The van der Waals surface area contributed by atoms with E-state index in [1.165, 1.54) is 0 Å². The summed E-state index contributed by atoms with van der Waals surface area (Å²) in [6.45, 7) is 6.89. The molecule has 0 saturated heterocycles. The highest BCUT2D eigenvalue weighted by molar-refractivity contribution is 6.12. The lowest BCUT2D eigenvalue weighted by atomic mass is 10.1. The Labute approximate surface area is 152 Å². The molecule has 3 rings (SSSR count). The third-order valence-electron chi connectivity index (χ3n) is 3.76. The predicted molar refractivity (Wildman–Crippen MR) is 101 cm³/mol. The molecular formula is C21H21NO4. The molecule has 0 aromatic heterocycles. The number of aliphatic imine (C=N–C) groups is 1. The summed E-state index contributed by atoms with van der Waals surface area (Å²) in [7, 11) is 0. The minimum Gasteiger partial charge on any atom is -0.490 e. The normalized spacial score (nSPS) is 15.0. The van der Waals surface area contributed by atoms with Gasteiger partial charge in [0.25, 0.3) is 0 Å². The third-order valence-corrected chi connectivity index (χ3v) is 3.76. The fourth-order valence-electron chi connectivity index (χ4n) is 2.63. The van der Waals surface area contributed by atoms with Crippen molar-refractivity contribution in [3.63, 3.8) is 0 Å². The van der Waals surface area contributed by atoms with Crippen LogP contribution >= 0.6 is 0 Å². The molecule has 0 unspecified atom stereocenters. The van der Waals surface area contributed by atoms with Gasteiger partial charge in [0.15, 0.2) is 17.2 Å². The van der Waals surface area contributed by atoms with E-state index in [1.807, 2.05) is 63.2 Å². The Balaban J connectivity index is 1.91. The van der Waals surface area contributed by atoms with Crippen LogP contribution in [0, 0.1) is 6.92 Å². The van der Waals surface area contributed by atoms with Gasteiger partial charge >= 0.3 is 5.97 Å². The number of esters is 1. The summed E-state index contributed by atoms with van der Waals surface area (Å²) in [6.07, 6.45) is 1.68. The minimum absolute atomic E-state index is 0.258. The maximum atomic E-state index is 12.2. The Hall–Kier alpha value is -3.08. The molecule has 26 heavy (non-hydrogen) atoms. The average Bonchev–Trinajstić information content (AvgIpc) is 2.98. The van der Waals surface area contributed by atoms with Gasteiger partial charge in [0.2, 0.25) is 5.90 Å². The van der Waals surface area contributed by atoms with Crippen molar-refractivity contribution in [2.24, 2.45) is 4.99 Å². The van der Waals surface area contributed by atoms with E-state index < -0.39 is 5.97 Å². The molecule has 0 aliphatic carbocycles. The summed E-state index contributed by atoms with van der Waals surface area (Å²) in [5.74, 6) is 1.17. The second kappa shape index (κ2) is 7.87. The highest BCUT2D eigenvalue weighted by atomic mass is 16.6. The Morgan fingerprint density at radius 3 is 2.54 bits per heavy atom. The highest BCUT2D eigenvalue weighted by Crippen LogP contribution is 2.30. The van der Waals surface area contributed by atoms with Crippen LogP contribution in [0.5, 0.6) is 11.5 Å². The van der Waals surface area contributed by atoms with E-state index >= 15 is 0 Å². The van der Waals surface area contributed by atoms with Gasteiger partial charge in [0, 0.05) is 5.56 Å². The van der Waals surface area contributed by atoms with Crippen LogP contribution < -0.4 is 9.47 Å². The summed E-state index contributed by atoms with van der Waals surface area (Å²) in [5.41, 5.74) is 2.90. The fourth-order valence-corrected chi connectivity index (χ4v) is 2.63. The smallest absolute Gasteiger partial charge is 0.363 e. The molecule has 0 amide bonds. The zero-order valence-electron chi connectivity index (χ0n) is 15.1. The van der Waals surface area contributed by atoms with E-state index in [9.17, 15) is 4.79 Å². The topological polar surface area (TPSA) is 57.1 Å². The number of hydrogen-bond acceptors (Lipinski definition) is 5. The number of ether oxygens (including phenoxy) is 3. The maximum absolute atomic E-state index is 12.2. The zero-order valence-corrected chi connectivity index (χ0v) is 15.1. The van der Waals surface area contributed by atoms with Crippen LogP contribution in [-0.4, -0.2) is 25.1 Å². The van der Waals surface area contributed by atoms with Gasteiger partial charge in [-0.2, -0.15) is 0 Å². The monoisotopic (exact) mass is 351 g/mol. The van der Waals surface area contributed by atoms with Crippen molar-refractivity contribution < 1.29 is 19.0 Å². The molecule has 134 valence electrons. The first kappa shape index (κ1) is 17.7. The molecule has 5 nitrogen and oxygen atoms in total. The number of hydrogen-bond donors (Lipinski definition) is 0. The van der Waals surface area contributed by atoms with Crippen LogP contribution in [0.25, 0.3) is 6.08 Å². The molecule has 0 spiro atoms. The molecule has 0 radical (unpaired) electrons. The second-order valence-electron chi connectivity index (χ2n) is 5.78. The van der Waals surface area contributed by atoms with E-state index in [1.54, 1.807) is 6.08 Å².